The van der Waals surface area contributed by atoms with Crippen LogP contribution in [0.3, 0.4) is 0 Å². The molecule has 0 unspecified atom stereocenters. The number of esters is 1. The van der Waals surface area contributed by atoms with E-state index in [2.05, 4.69) is 26.1 Å². The molecular weight excluding hydrogens is 360 g/mol. The molecule has 0 aliphatic carbocycles. The summed E-state index contributed by atoms with van der Waals surface area (Å²) in [5.74, 6) is 0.221. The van der Waals surface area contributed by atoms with E-state index in [1.54, 1.807) is 24.3 Å². The Balaban J connectivity index is 1.64. The number of aromatic nitrogens is 2. The fourth-order valence-electron chi connectivity index (χ4n) is 1.92. The van der Waals surface area contributed by atoms with Gasteiger partial charge in [-0.1, -0.05) is 33.6 Å². The number of aryl methyl sites for hydroxylation is 1. The number of ether oxygens (including phenoxy) is 1. The Labute approximate surface area is 141 Å². The fraction of sp³-hybridized carbons (Fsp3) is 0.118. The lowest BCUT2D eigenvalue weighted by atomic mass is 10.1. The van der Waals surface area contributed by atoms with Crippen molar-refractivity contribution < 1.29 is 13.9 Å². The summed E-state index contributed by atoms with van der Waals surface area (Å²) in [7, 11) is 0. The van der Waals surface area contributed by atoms with Crippen LogP contribution in [0.2, 0.25) is 0 Å². The summed E-state index contributed by atoms with van der Waals surface area (Å²) >= 11 is 3.31. The normalized spacial score (nSPS) is 10.5. The van der Waals surface area contributed by atoms with Crippen molar-refractivity contribution in [3.63, 3.8) is 0 Å². The van der Waals surface area contributed by atoms with Gasteiger partial charge in [0.1, 0.15) is 0 Å². The van der Waals surface area contributed by atoms with Crippen LogP contribution in [-0.2, 0) is 11.3 Å². The number of rotatable bonds is 4. The van der Waals surface area contributed by atoms with Crippen molar-refractivity contribution in [1.82, 2.24) is 10.2 Å². The van der Waals surface area contributed by atoms with Crippen LogP contribution in [0.5, 0.6) is 0 Å². The van der Waals surface area contributed by atoms with Gasteiger partial charge in [0.25, 0.3) is 5.89 Å². The molecule has 0 N–H and O–H groups in total. The van der Waals surface area contributed by atoms with Gasteiger partial charge in [-0.25, -0.2) is 4.79 Å². The predicted molar refractivity (Wildman–Crippen MR) is 87.7 cm³/mol. The highest BCUT2D eigenvalue weighted by molar-refractivity contribution is 9.10. The molecule has 116 valence electrons. The minimum absolute atomic E-state index is 0.0617. The third-order valence-corrected chi connectivity index (χ3v) is 3.70. The summed E-state index contributed by atoms with van der Waals surface area (Å²) in [5, 5.41) is 7.86. The standard InChI is InChI=1S/C17H13BrN2O3/c1-11-2-4-12(5-3-11)16-20-19-15(23-16)10-22-17(21)13-6-8-14(18)9-7-13/h2-9H,10H2,1H3. The topological polar surface area (TPSA) is 65.2 Å². The summed E-state index contributed by atoms with van der Waals surface area (Å²) in [6, 6.07) is 14.6. The van der Waals surface area contributed by atoms with Gasteiger partial charge in [0.15, 0.2) is 6.61 Å². The van der Waals surface area contributed by atoms with E-state index in [9.17, 15) is 4.79 Å². The number of carbonyl (C=O) groups is 1. The highest BCUT2D eigenvalue weighted by Gasteiger charge is 2.12. The van der Waals surface area contributed by atoms with E-state index < -0.39 is 5.97 Å². The molecule has 23 heavy (non-hydrogen) atoms. The van der Waals surface area contributed by atoms with Gasteiger partial charge in [-0.15, -0.1) is 10.2 Å². The molecule has 0 spiro atoms. The molecule has 5 nitrogen and oxygen atoms in total. The van der Waals surface area contributed by atoms with E-state index in [-0.39, 0.29) is 12.5 Å². The highest BCUT2D eigenvalue weighted by Crippen LogP contribution is 2.19. The van der Waals surface area contributed by atoms with Crippen molar-refractivity contribution in [2.24, 2.45) is 0 Å². The van der Waals surface area contributed by atoms with Gasteiger partial charge in [-0.05, 0) is 43.3 Å². The van der Waals surface area contributed by atoms with E-state index in [1.165, 1.54) is 0 Å². The van der Waals surface area contributed by atoms with Crippen molar-refractivity contribution >= 4 is 21.9 Å². The number of benzene rings is 2. The molecule has 0 aliphatic rings. The monoisotopic (exact) mass is 372 g/mol. The maximum absolute atomic E-state index is 11.9. The van der Waals surface area contributed by atoms with Gasteiger partial charge in [-0.2, -0.15) is 0 Å². The maximum Gasteiger partial charge on any atom is 0.338 e. The Morgan fingerprint density at radius 2 is 1.78 bits per heavy atom. The Hall–Kier alpha value is -2.47. The van der Waals surface area contributed by atoms with Gasteiger partial charge in [0.2, 0.25) is 5.89 Å². The molecule has 0 saturated carbocycles. The Bertz CT molecular complexity index is 811. The molecule has 0 radical (unpaired) electrons. The first kappa shape index (κ1) is 15.4. The molecule has 1 aromatic heterocycles. The molecule has 0 aliphatic heterocycles. The van der Waals surface area contributed by atoms with Crippen LogP contribution in [0.25, 0.3) is 11.5 Å². The van der Waals surface area contributed by atoms with Crippen molar-refractivity contribution in [2.75, 3.05) is 0 Å². The molecule has 0 atom stereocenters. The van der Waals surface area contributed by atoms with E-state index in [0.717, 1.165) is 15.6 Å². The summed E-state index contributed by atoms with van der Waals surface area (Å²) in [6.07, 6.45) is 0. The predicted octanol–water partition coefficient (Wildman–Crippen LogP) is 4.16. The average Bonchev–Trinajstić information content (AvgIpc) is 3.03. The zero-order valence-electron chi connectivity index (χ0n) is 12.3. The Kier molecular flexibility index (Phi) is 4.52. The molecule has 2 aromatic carbocycles. The van der Waals surface area contributed by atoms with Gasteiger partial charge in [0, 0.05) is 10.0 Å². The maximum atomic E-state index is 11.9. The number of hydrogen-bond acceptors (Lipinski definition) is 5. The van der Waals surface area contributed by atoms with Crippen molar-refractivity contribution in [1.29, 1.82) is 0 Å². The third kappa shape index (κ3) is 3.84. The molecular formula is C17H13BrN2O3. The summed E-state index contributed by atoms with van der Waals surface area (Å²) in [6.45, 7) is 1.94. The molecule has 0 amide bonds. The summed E-state index contributed by atoms with van der Waals surface area (Å²) in [4.78, 5) is 11.9. The molecule has 3 aromatic rings. The van der Waals surface area contributed by atoms with Crippen LogP contribution in [0.4, 0.5) is 0 Å². The van der Waals surface area contributed by atoms with Crippen molar-refractivity contribution in [2.45, 2.75) is 13.5 Å². The minimum atomic E-state index is -0.437. The van der Waals surface area contributed by atoms with Crippen LogP contribution < -0.4 is 0 Å². The Morgan fingerprint density at radius 1 is 1.09 bits per heavy atom. The minimum Gasteiger partial charge on any atom is -0.452 e. The molecule has 1 heterocycles. The molecule has 0 bridgehead atoms. The molecule has 0 fully saturated rings. The van der Waals surface area contributed by atoms with E-state index in [0.29, 0.717) is 11.5 Å². The number of carbonyl (C=O) groups excluding carboxylic acids is 1. The van der Waals surface area contributed by atoms with Crippen molar-refractivity contribution in [3.05, 3.63) is 70.0 Å². The third-order valence-electron chi connectivity index (χ3n) is 3.17. The van der Waals surface area contributed by atoms with Gasteiger partial charge in [0.05, 0.1) is 5.56 Å². The number of hydrogen-bond donors (Lipinski definition) is 0. The fourth-order valence-corrected chi connectivity index (χ4v) is 2.19. The van der Waals surface area contributed by atoms with Crippen LogP contribution in [-0.4, -0.2) is 16.2 Å². The smallest absolute Gasteiger partial charge is 0.338 e. The van der Waals surface area contributed by atoms with E-state index in [4.69, 9.17) is 9.15 Å². The largest absolute Gasteiger partial charge is 0.452 e. The first-order chi connectivity index (χ1) is 11.1. The molecule has 0 saturated heterocycles. The lowest BCUT2D eigenvalue weighted by Gasteiger charge is -2.02. The zero-order chi connectivity index (χ0) is 16.2. The highest BCUT2D eigenvalue weighted by atomic mass is 79.9. The summed E-state index contributed by atoms with van der Waals surface area (Å²) < 4.78 is 11.6. The second kappa shape index (κ2) is 6.75. The van der Waals surface area contributed by atoms with Gasteiger partial charge >= 0.3 is 5.97 Å². The van der Waals surface area contributed by atoms with Crippen LogP contribution >= 0.6 is 15.9 Å². The van der Waals surface area contributed by atoms with Gasteiger partial charge in [-0.3, -0.25) is 0 Å². The second-order valence-corrected chi connectivity index (χ2v) is 5.87. The number of halogens is 1. The quantitative estimate of drug-likeness (QED) is 0.643. The first-order valence-electron chi connectivity index (χ1n) is 6.94. The van der Waals surface area contributed by atoms with Crippen molar-refractivity contribution in [3.8, 4) is 11.5 Å². The second-order valence-electron chi connectivity index (χ2n) is 4.95. The first-order valence-corrected chi connectivity index (χ1v) is 7.73. The molecule has 3 rings (SSSR count). The zero-order valence-corrected chi connectivity index (χ0v) is 13.9. The lowest BCUT2D eigenvalue weighted by Crippen LogP contribution is -2.05. The van der Waals surface area contributed by atoms with Crippen LogP contribution in [0.1, 0.15) is 21.8 Å². The van der Waals surface area contributed by atoms with Gasteiger partial charge < -0.3 is 9.15 Å². The Morgan fingerprint density at radius 3 is 2.48 bits per heavy atom. The summed E-state index contributed by atoms with van der Waals surface area (Å²) in [5.41, 5.74) is 2.44. The van der Waals surface area contributed by atoms with E-state index >= 15 is 0 Å². The SMILES string of the molecule is Cc1ccc(-c2nnc(COC(=O)c3ccc(Br)cc3)o2)cc1. The van der Waals surface area contributed by atoms with Crippen LogP contribution in [0, 0.1) is 6.92 Å². The van der Waals surface area contributed by atoms with E-state index in [1.807, 2.05) is 31.2 Å². The number of nitrogens with zero attached hydrogens (tertiary/aromatic N) is 2. The van der Waals surface area contributed by atoms with Crippen LogP contribution in [0.15, 0.2) is 57.4 Å². The average molecular weight is 373 g/mol. The lowest BCUT2D eigenvalue weighted by molar-refractivity contribution is 0.0438. The molecule has 6 heteroatoms.